The minimum absolute atomic E-state index is 0.106. The lowest BCUT2D eigenvalue weighted by molar-refractivity contribution is -1.03. The smallest absolute Gasteiger partial charge is 0.283 e. The van der Waals surface area contributed by atoms with E-state index < -0.39 is 0 Å². The third-order valence-electron chi connectivity index (χ3n) is 7.29. The molecule has 4 nitrogen and oxygen atoms in total. The van der Waals surface area contributed by atoms with Crippen LogP contribution in [0.5, 0.6) is 0 Å². The average Bonchev–Trinajstić information content (AvgIpc) is 3.24. The van der Waals surface area contributed by atoms with Crippen LogP contribution < -0.4 is 15.1 Å². The quantitative estimate of drug-likeness (QED) is 0.683. The molecule has 3 fully saturated rings. The standard InChI is InChI=1S/C23H34ClN3O/c24-19-12-10-18(11-13-19)22(23(28)25-20-6-4-5-7-20)27-16-14-26(15-17-27)21-8-2-1-3-9-21/h10-13,20-22H,1-9,14-17H2,(H,25,28)/p+2. The molecular formula is C23H36ClN3O+2. The maximum Gasteiger partial charge on any atom is 0.283 e. The number of carbonyl (C=O) groups is 1. The highest BCUT2D eigenvalue weighted by molar-refractivity contribution is 6.30. The number of hydrogen-bond acceptors (Lipinski definition) is 1. The van der Waals surface area contributed by atoms with Crippen molar-refractivity contribution in [3.8, 4) is 0 Å². The average molecular weight is 406 g/mol. The summed E-state index contributed by atoms with van der Waals surface area (Å²) >= 11 is 6.11. The van der Waals surface area contributed by atoms with Gasteiger partial charge in [-0.05, 0) is 50.7 Å². The Labute approximate surface area is 174 Å². The van der Waals surface area contributed by atoms with Crippen LogP contribution in [0.25, 0.3) is 0 Å². The predicted molar refractivity (Wildman–Crippen MR) is 113 cm³/mol. The molecular weight excluding hydrogens is 370 g/mol. The maximum atomic E-state index is 13.3. The molecule has 1 amide bonds. The molecule has 1 unspecified atom stereocenters. The van der Waals surface area contributed by atoms with E-state index in [2.05, 4.69) is 17.4 Å². The summed E-state index contributed by atoms with van der Waals surface area (Å²) in [7, 11) is 0. The Bertz CT molecular complexity index is 630. The lowest BCUT2D eigenvalue weighted by Gasteiger charge is -2.38. The van der Waals surface area contributed by atoms with Crippen LogP contribution in [0.1, 0.15) is 69.4 Å². The van der Waals surface area contributed by atoms with E-state index in [4.69, 9.17) is 11.6 Å². The molecule has 2 aliphatic carbocycles. The van der Waals surface area contributed by atoms with Crippen molar-refractivity contribution in [3.05, 3.63) is 34.9 Å². The molecule has 2 saturated carbocycles. The Morgan fingerprint density at radius 1 is 0.893 bits per heavy atom. The number of piperazine rings is 1. The minimum Gasteiger partial charge on any atom is -0.348 e. The second kappa shape index (κ2) is 9.60. The van der Waals surface area contributed by atoms with Gasteiger partial charge >= 0.3 is 0 Å². The third-order valence-corrected chi connectivity index (χ3v) is 7.54. The lowest BCUT2D eigenvalue weighted by atomic mass is 9.93. The fraction of sp³-hybridized carbons (Fsp3) is 0.696. The molecule has 3 aliphatic rings. The number of amides is 1. The molecule has 0 spiro atoms. The Kier molecular flexibility index (Phi) is 6.92. The number of carbonyl (C=O) groups excluding carboxylic acids is 1. The van der Waals surface area contributed by atoms with Crippen LogP contribution in [0.3, 0.4) is 0 Å². The van der Waals surface area contributed by atoms with Crippen LogP contribution in [-0.4, -0.2) is 44.2 Å². The molecule has 5 heteroatoms. The van der Waals surface area contributed by atoms with Gasteiger partial charge in [-0.25, -0.2) is 0 Å². The summed E-state index contributed by atoms with van der Waals surface area (Å²) in [4.78, 5) is 16.5. The second-order valence-electron chi connectivity index (χ2n) is 9.13. The number of quaternary nitrogens is 2. The van der Waals surface area contributed by atoms with E-state index >= 15 is 0 Å². The highest BCUT2D eigenvalue weighted by atomic mass is 35.5. The number of rotatable bonds is 5. The summed E-state index contributed by atoms with van der Waals surface area (Å²) < 4.78 is 0. The van der Waals surface area contributed by atoms with Crippen molar-refractivity contribution in [1.29, 1.82) is 0 Å². The lowest BCUT2D eigenvalue weighted by Crippen LogP contribution is -3.30. The van der Waals surface area contributed by atoms with Crippen LogP contribution in [-0.2, 0) is 4.79 Å². The van der Waals surface area contributed by atoms with E-state index in [-0.39, 0.29) is 11.9 Å². The van der Waals surface area contributed by atoms with E-state index in [1.54, 1.807) is 4.90 Å². The summed E-state index contributed by atoms with van der Waals surface area (Å²) in [6.45, 7) is 4.55. The van der Waals surface area contributed by atoms with Crippen LogP contribution in [0.4, 0.5) is 0 Å². The summed E-state index contributed by atoms with van der Waals surface area (Å²) in [6, 6.07) is 9.08. The fourth-order valence-electron chi connectivity index (χ4n) is 5.68. The molecule has 1 aromatic rings. The van der Waals surface area contributed by atoms with Crippen LogP contribution >= 0.6 is 11.6 Å². The third kappa shape index (κ3) is 4.90. The SMILES string of the molecule is O=C(NC1CCCC1)C(c1ccc(Cl)cc1)[NH+]1CC[NH+](C2CCCCC2)CC1. The van der Waals surface area contributed by atoms with Crippen molar-refractivity contribution in [2.24, 2.45) is 0 Å². The second-order valence-corrected chi connectivity index (χ2v) is 9.56. The minimum atomic E-state index is -0.106. The maximum absolute atomic E-state index is 13.3. The Hall–Kier alpha value is -1.10. The van der Waals surface area contributed by atoms with Crippen molar-refractivity contribution in [2.75, 3.05) is 26.2 Å². The highest BCUT2D eigenvalue weighted by Crippen LogP contribution is 2.20. The Morgan fingerprint density at radius 3 is 2.14 bits per heavy atom. The predicted octanol–water partition coefficient (Wildman–Crippen LogP) is 1.56. The zero-order chi connectivity index (χ0) is 19.3. The van der Waals surface area contributed by atoms with E-state index in [1.807, 2.05) is 12.1 Å². The number of hydrogen-bond donors (Lipinski definition) is 3. The molecule has 1 saturated heterocycles. The van der Waals surface area contributed by atoms with Crippen LogP contribution in [0.2, 0.25) is 5.02 Å². The first kappa shape index (κ1) is 20.2. The summed E-state index contributed by atoms with van der Waals surface area (Å²) in [5.41, 5.74) is 1.11. The van der Waals surface area contributed by atoms with E-state index in [0.29, 0.717) is 6.04 Å². The zero-order valence-corrected chi connectivity index (χ0v) is 17.8. The normalized spacial score (nSPS) is 28.2. The van der Waals surface area contributed by atoms with Gasteiger partial charge in [0, 0.05) is 16.6 Å². The molecule has 1 heterocycles. The first-order valence-electron chi connectivity index (χ1n) is 11.5. The molecule has 1 atom stereocenters. The van der Waals surface area contributed by atoms with Gasteiger partial charge in [0.1, 0.15) is 26.2 Å². The van der Waals surface area contributed by atoms with Gasteiger partial charge in [-0.3, -0.25) is 4.79 Å². The van der Waals surface area contributed by atoms with E-state index in [1.165, 1.54) is 62.9 Å². The van der Waals surface area contributed by atoms with Gasteiger partial charge in [0.25, 0.3) is 5.91 Å². The number of nitrogens with one attached hydrogen (secondary N) is 3. The monoisotopic (exact) mass is 405 g/mol. The van der Waals surface area contributed by atoms with E-state index in [9.17, 15) is 4.79 Å². The Morgan fingerprint density at radius 2 is 1.50 bits per heavy atom. The van der Waals surface area contributed by atoms with Gasteiger partial charge in [0.15, 0.2) is 6.04 Å². The number of halogens is 1. The van der Waals surface area contributed by atoms with Gasteiger partial charge in [0.2, 0.25) is 0 Å². The topological polar surface area (TPSA) is 38.0 Å². The van der Waals surface area contributed by atoms with E-state index in [0.717, 1.165) is 42.6 Å². The van der Waals surface area contributed by atoms with Crippen molar-refractivity contribution in [3.63, 3.8) is 0 Å². The highest BCUT2D eigenvalue weighted by Gasteiger charge is 2.38. The van der Waals surface area contributed by atoms with Crippen molar-refractivity contribution in [1.82, 2.24) is 5.32 Å². The van der Waals surface area contributed by atoms with Crippen LogP contribution in [0.15, 0.2) is 24.3 Å². The summed E-state index contributed by atoms with van der Waals surface area (Å²) in [6.07, 6.45) is 11.8. The van der Waals surface area contributed by atoms with Gasteiger partial charge < -0.3 is 15.1 Å². The molecule has 3 N–H and O–H groups in total. The first-order chi connectivity index (χ1) is 13.7. The fourth-order valence-corrected chi connectivity index (χ4v) is 5.81. The summed E-state index contributed by atoms with van der Waals surface area (Å²) in [5.74, 6) is 0.213. The van der Waals surface area contributed by atoms with Crippen LogP contribution in [0, 0.1) is 0 Å². The van der Waals surface area contributed by atoms with Crippen molar-refractivity contribution < 1.29 is 14.6 Å². The summed E-state index contributed by atoms with van der Waals surface area (Å²) in [5, 5.41) is 4.10. The molecule has 0 radical (unpaired) electrons. The van der Waals surface area contributed by atoms with Crippen molar-refractivity contribution in [2.45, 2.75) is 75.9 Å². The molecule has 0 bridgehead atoms. The molecule has 28 heavy (non-hydrogen) atoms. The van der Waals surface area contributed by atoms with Crippen molar-refractivity contribution >= 4 is 17.5 Å². The molecule has 154 valence electrons. The Balaban J connectivity index is 1.44. The molecule has 4 rings (SSSR count). The van der Waals surface area contributed by atoms with Gasteiger partial charge in [0.05, 0.1) is 6.04 Å². The molecule has 1 aliphatic heterocycles. The molecule has 1 aromatic carbocycles. The van der Waals surface area contributed by atoms with Gasteiger partial charge in [-0.15, -0.1) is 0 Å². The van der Waals surface area contributed by atoms with Gasteiger partial charge in [-0.1, -0.05) is 43.0 Å². The molecule has 0 aromatic heterocycles. The van der Waals surface area contributed by atoms with Gasteiger partial charge in [-0.2, -0.15) is 0 Å². The number of benzene rings is 1. The first-order valence-corrected chi connectivity index (χ1v) is 11.8. The zero-order valence-electron chi connectivity index (χ0n) is 17.0. The largest absolute Gasteiger partial charge is 0.348 e.